The Bertz CT molecular complexity index is 1260. The Morgan fingerprint density at radius 2 is 1.84 bits per heavy atom. The molecule has 2 aromatic carbocycles. The van der Waals surface area contributed by atoms with Crippen LogP contribution in [0, 0.1) is 0 Å². The number of methoxy groups -OCH3 is 2. The van der Waals surface area contributed by atoms with Crippen molar-refractivity contribution in [3.05, 3.63) is 81.7 Å². The topological polar surface area (TPSA) is 77.1 Å². The number of esters is 1. The Kier molecular flexibility index (Phi) is 10.1. The highest BCUT2D eigenvalue weighted by molar-refractivity contribution is 7.17. The zero-order valence-electron chi connectivity index (χ0n) is 21.1. The number of nitrogens with zero attached hydrogens (tertiary/aromatic N) is 1. The van der Waals surface area contributed by atoms with Gasteiger partial charge in [0.2, 0.25) is 5.91 Å². The minimum absolute atomic E-state index is 0. The normalized spacial score (nSPS) is 12.9. The van der Waals surface area contributed by atoms with Crippen LogP contribution in [0.5, 0.6) is 11.5 Å². The van der Waals surface area contributed by atoms with Crippen LogP contribution in [0.2, 0.25) is 0 Å². The number of benzene rings is 2. The largest absolute Gasteiger partial charge is 0.493 e. The summed E-state index contributed by atoms with van der Waals surface area (Å²) >= 11 is 1.45. The van der Waals surface area contributed by atoms with E-state index in [1.54, 1.807) is 39.4 Å². The van der Waals surface area contributed by atoms with Crippen molar-refractivity contribution < 1.29 is 23.8 Å². The molecule has 37 heavy (non-hydrogen) atoms. The first-order valence-electron chi connectivity index (χ1n) is 11.8. The second kappa shape index (κ2) is 13.3. The van der Waals surface area contributed by atoms with Gasteiger partial charge in [0, 0.05) is 30.6 Å². The van der Waals surface area contributed by atoms with Crippen molar-refractivity contribution in [1.82, 2.24) is 4.90 Å². The van der Waals surface area contributed by atoms with Gasteiger partial charge in [-0.25, -0.2) is 4.79 Å². The van der Waals surface area contributed by atoms with E-state index >= 15 is 0 Å². The highest BCUT2D eigenvalue weighted by atomic mass is 35.5. The molecule has 0 radical (unpaired) electrons. The van der Waals surface area contributed by atoms with Crippen molar-refractivity contribution in [1.29, 1.82) is 0 Å². The summed E-state index contributed by atoms with van der Waals surface area (Å²) in [7, 11) is 3.14. The Labute approximate surface area is 227 Å². The van der Waals surface area contributed by atoms with Gasteiger partial charge in [0.05, 0.1) is 26.4 Å². The summed E-state index contributed by atoms with van der Waals surface area (Å²) in [5.74, 6) is 0.472. The third-order valence-electron chi connectivity index (χ3n) is 5.94. The van der Waals surface area contributed by atoms with Gasteiger partial charge in [-0.15, -0.1) is 23.7 Å². The summed E-state index contributed by atoms with van der Waals surface area (Å²) in [5, 5.41) is 3.44. The van der Waals surface area contributed by atoms with Crippen LogP contribution in [0.1, 0.15) is 38.8 Å². The van der Waals surface area contributed by atoms with Crippen LogP contribution in [0.25, 0.3) is 6.08 Å². The summed E-state index contributed by atoms with van der Waals surface area (Å²) in [6, 6.07) is 15.7. The average molecular weight is 543 g/mol. The van der Waals surface area contributed by atoms with Crippen LogP contribution < -0.4 is 14.8 Å². The van der Waals surface area contributed by atoms with Crippen LogP contribution in [0.15, 0.2) is 54.6 Å². The predicted octanol–water partition coefficient (Wildman–Crippen LogP) is 5.57. The number of amides is 1. The summed E-state index contributed by atoms with van der Waals surface area (Å²) in [6.45, 7) is 4.44. The summed E-state index contributed by atoms with van der Waals surface area (Å²) in [4.78, 5) is 29.1. The lowest BCUT2D eigenvalue weighted by molar-refractivity contribution is -0.111. The molecule has 9 heteroatoms. The van der Waals surface area contributed by atoms with E-state index in [0.29, 0.717) is 22.1 Å². The fourth-order valence-electron chi connectivity index (χ4n) is 4.22. The van der Waals surface area contributed by atoms with Crippen LogP contribution in [-0.4, -0.2) is 44.1 Å². The van der Waals surface area contributed by atoms with Crippen molar-refractivity contribution in [3.8, 4) is 11.5 Å². The molecule has 0 fully saturated rings. The van der Waals surface area contributed by atoms with Gasteiger partial charge in [-0.1, -0.05) is 36.4 Å². The van der Waals surface area contributed by atoms with Gasteiger partial charge in [-0.2, -0.15) is 0 Å². The molecule has 0 spiro atoms. The Morgan fingerprint density at radius 3 is 2.54 bits per heavy atom. The summed E-state index contributed by atoms with van der Waals surface area (Å²) < 4.78 is 15.9. The fraction of sp³-hybridized carbons (Fsp3) is 0.286. The molecule has 196 valence electrons. The van der Waals surface area contributed by atoms with Crippen molar-refractivity contribution in [2.75, 3.05) is 32.7 Å². The molecule has 0 aliphatic carbocycles. The molecular formula is C28H31ClN2O5S. The second-order valence-electron chi connectivity index (χ2n) is 8.31. The van der Waals surface area contributed by atoms with Crippen LogP contribution >= 0.6 is 23.7 Å². The standard InChI is InChI=1S/C28H30N2O5S.ClH/c1-4-35-28(32)26-21-14-15-30(17-20-8-6-5-7-9-20)18-24(21)36-27(26)29-25(31)13-11-19-10-12-22(33-2)23(16-19)34-3;/h5-13,16H,4,14-15,17-18H2,1-3H3,(H,29,31);1H/b13-11+;. The minimum atomic E-state index is -0.398. The van der Waals surface area contributed by atoms with E-state index in [1.165, 1.54) is 23.0 Å². The zero-order chi connectivity index (χ0) is 25.5. The van der Waals surface area contributed by atoms with Gasteiger partial charge in [0.1, 0.15) is 5.00 Å². The van der Waals surface area contributed by atoms with E-state index < -0.39 is 5.97 Å². The van der Waals surface area contributed by atoms with E-state index in [1.807, 2.05) is 24.3 Å². The lowest BCUT2D eigenvalue weighted by atomic mass is 10.0. The van der Waals surface area contributed by atoms with Crippen molar-refractivity contribution in [3.63, 3.8) is 0 Å². The van der Waals surface area contributed by atoms with Crippen LogP contribution in [-0.2, 0) is 29.0 Å². The molecule has 1 aromatic heterocycles. The molecule has 1 aliphatic heterocycles. The lowest BCUT2D eigenvalue weighted by Crippen LogP contribution is -2.29. The highest BCUT2D eigenvalue weighted by Crippen LogP contribution is 2.38. The number of ether oxygens (including phenoxy) is 3. The molecule has 0 atom stereocenters. The SMILES string of the molecule is CCOC(=O)c1c(NC(=O)/C=C/c2ccc(OC)c(OC)c2)sc2c1CCN(Cc1ccccc1)C2.Cl. The fourth-order valence-corrected chi connectivity index (χ4v) is 5.50. The zero-order valence-corrected chi connectivity index (χ0v) is 22.7. The molecule has 1 N–H and O–H groups in total. The molecular weight excluding hydrogens is 512 g/mol. The molecule has 1 amide bonds. The summed E-state index contributed by atoms with van der Waals surface area (Å²) in [6.07, 6.45) is 3.86. The number of hydrogen-bond acceptors (Lipinski definition) is 7. The minimum Gasteiger partial charge on any atom is -0.493 e. The van der Waals surface area contributed by atoms with Crippen molar-refractivity contribution >= 4 is 46.7 Å². The number of carbonyl (C=O) groups excluding carboxylic acids is 2. The Balaban J connectivity index is 0.00000380. The molecule has 0 bridgehead atoms. The van der Waals surface area contributed by atoms with Gasteiger partial charge >= 0.3 is 5.97 Å². The molecule has 0 saturated carbocycles. The molecule has 1 aliphatic rings. The quantitative estimate of drug-likeness (QED) is 0.281. The summed E-state index contributed by atoms with van der Waals surface area (Å²) in [5.41, 5.74) is 3.48. The Morgan fingerprint density at radius 1 is 1.08 bits per heavy atom. The molecule has 0 unspecified atom stereocenters. The third kappa shape index (κ3) is 6.91. The van der Waals surface area contributed by atoms with Gasteiger partial charge in [0.25, 0.3) is 0 Å². The number of anilines is 1. The van der Waals surface area contributed by atoms with Gasteiger partial charge in [-0.3, -0.25) is 9.69 Å². The molecule has 7 nitrogen and oxygen atoms in total. The van der Waals surface area contributed by atoms with E-state index in [2.05, 4.69) is 22.3 Å². The average Bonchev–Trinajstić information content (AvgIpc) is 3.25. The van der Waals surface area contributed by atoms with Crippen molar-refractivity contribution in [2.45, 2.75) is 26.4 Å². The number of fused-ring (bicyclic) bond motifs is 1. The van der Waals surface area contributed by atoms with Gasteiger partial charge in [0.15, 0.2) is 11.5 Å². The number of rotatable bonds is 9. The molecule has 3 aromatic rings. The number of hydrogen-bond donors (Lipinski definition) is 1. The first-order valence-corrected chi connectivity index (χ1v) is 12.6. The maximum absolute atomic E-state index is 12.8. The predicted molar refractivity (Wildman–Crippen MR) is 149 cm³/mol. The number of thiophene rings is 1. The van der Waals surface area contributed by atoms with E-state index in [-0.39, 0.29) is 24.9 Å². The van der Waals surface area contributed by atoms with Crippen LogP contribution in [0.4, 0.5) is 5.00 Å². The number of carbonyl (C=O) groups is 2. The molecule has 2 heterocycles. The lowest BCUT2D eigenvalue weighted by Gasteiger charge is -2.27. The second-order valence-corrected chi connectivity index (χ2v) is 9.42. The van der Waals surface area contributed by atoms with Gasteiger partial charge in [-0.05, 0) is 48.2 Å². The number of nitrogens with one attached hydrogen (secondary N) is 1. The monoisotopic (exact) mass is 542 g/mol. The van der Waals surface area contributed by atoms with E-state index in [0.717, 1.165) is 42.1 Å². The van der Waals surface area contributed by atoms with Gasteiger partial charge < -0.3 is 19.5 Å². The smallest absolute Gasteiger partial charge is 0.341 e. The maximum atomic E-state index is 12.8. The molecule has 0 saturated heterocycles. The van der Waals surface area contributed by atoms with E-state index in [4.69, 9.17) is 14.2 Å². The first-order chi connectivity index (χ1) is 17.5. The Hall–Kier alpha value is -3.33. The first kappa shape index (κ1) is 28.2. The maximum Gasteiger partial charge on any atom is 0.341 e. The third-order valence-corrected chi connectivity index (χ3v) is 7.07. The highest BCUT2D eigenvalue weighted by Gasteiger charge is 2.29. The van der Waals surface area contributed by atoms with Crippen molar-refractivity contribution in [2.24, 2.45) is 0 Å². The number of halogens is 1. The van der Waals surface area contributed by atoms with Crippen LogP contribution in [0.3, 0.4) is 0 Å². The molecule has 4 rings (SSSR count). The van der Waals surface area contributed by atoms with E-state index in [9.17, 15) is 9.59 Å².